The normalized spacial score (nSPS) is 11.2. The lowest BCUT2D eigenvalue weighted by atomic mass is 10.1. The van der Waals surface area contributed by atoms with Gasteiger partial charge in [0.15, 0.2) is 5.16 Å². The number of hydrogen-bond donors (Lipinski definition) is 2. The van der Waals surface area contributed by atoms with Gasteiger partial charge in [0.05, 0.1) is 22.8 Å². The summed E-state index contributed by atoms with van der Waals surface area (Å²) in [4.78, 5) is 24.7. The third kappa shape index (κ3) is 6.79. The van der Waals surface area contributed by atoms with Gasteiger partial charge in [0.2, 0.25) is 5.91 Å². The molecule has 2 aromatic carbocycles. The number of benzene rings is 2. The van der Waals surface area contributed by atoms with Crippen molar-refractivity contribution < 1.29 is 18.7 Å². The van der Waals surface area contributed by atoms with Gasteiger partial charge in [-0.25, -0.2) is 9.18 Å². The van der Waals surface area contributed by atoms with Gasteiger partial charge in [0.1, 0.15) is 17.7 Å². The van der Waals surface area contributed by atoms with Crippen LogP contribution >= 0.6 is 11.8 Å². The lowest BCUT2D eigenvalue weighted by molar-refractivity contribution is -0.113. The number of aryl methyl sites for hydroxylation is 1. The summed E-state index contributed by atoms with van der Waals surface area (Å²) >= 11 is 1.20. The average molecular weight is 472 g/mol. The highest BCUT2D eigenvalue weighted by atomic mass is 32.2. The number of ether oxygens (including phenoxy) is 1. The van der Waals surface area contributed by atoms with Crippen LogP contribution in [0.5, 0.6) is 0 Å². The van der Waals surface area contributed by atoms with Crippen molar-refractivity contribution in [2.75, 3.05) is 16.4 Å². The van der Waals surface area contributed by atoms with E-state index in [9.17, 15) is 14.0 Å². The van der Waals surface area contributed by atoms with Gasteiger partial charge in [0.25, 0.3) is 0 Å². The monoisotopic (exact) mass is 471 g/mol. The largest absolute Gasteiger partial charge is 0.444 e. The Morgan fingerprint density at radius 1 is 1.12 bits per heavy atom. The standard InChI is InChI=1S/C23H26FN5O3S/c1-5-15-8-6-7-9-19(15)29-14-25-28-21(29)33-13-20(30)26-18-12-16(24)10-11-17(18)27-22(31)32-23(2,3)4/h6-12,14H,5,13H2,1-4H3,(H,26,30)(H,27,31). The van der Waals surface area contributed by atoms with Crippen molar-refractivity contribution in [3.63, 3.8) is 0 Å². The second-order valence-corrected chi connectivity index (χ2v) is 9.06. The number of hydrogen-bond acceptors (Lipinski definition) is 6. The predicted molar refractivity (Wildman–Crippen MR) is 126 cm³/mol. The van der Waals surface area contributed by atoms with E-state index in [0.29, 0.717) is 5.16 Å². The average Bonchev–Trinajstić information content (AvgIpc) is 3.21. The van der Waals surface area contributed by atoms with E-state index in [4.69, 9.17) is 4.74 Å². The molecule has 3 aromatic rings. The molecule has 0 fully saturated rings. The maximum Gasteiger partial charge on any atom is 0.412 e. The molecule has 0 aliphatic rings. The van der Waals surface area contributed by atoms with Crippen LogP contribution in [0.3, 0.4) is 0 Å². The van der Waals surface area contributed by atoms with Crippen molar-refractivity contribution in [2.24, 2.45) is 0 Å². The Morgan fingerprint density at radius 3 is 2.61 bits per heavy atom. The zero-order valence-corrected chi connectivity index (χ0v) is 19.7. The van der Waals surface area contributed by atoms with Crippen molar-refractivity contribution in [3.05, 3.63) is 60.2 Å². The number of carbonyl (C=O) groups excluding carboxylic acids is 2. The zero-order chi connectivity index (χ0) is 24.0. The summed E-state index contributed by atoms with van der Waals surface area (Å²) in [7, 11) is 0. The first-order chi connectivity index (χ1) is 15.7. The van der Waals surface area contributed by atoms with Gasteiger partial charge in [-0.2, -0.15) is 0 Å². The molecule has 0 bridgehead atoms. The summed E-state index contributed by atoms with van der Waals surface area (Å²) in [6.45, 7) is 7.25. The van der Waals surface area contributed by atoms with Crippen LogP contribution in [-0.4, -0.2) is 38.1 Å². The quantitative estimate of drug-likeness (QED) is 0.468. The van der Waals surface area contributed by atoms with Crippen LogP contribution in [-0.2, 0) is 16.0 Å². The third-order valence-electron chi connectivity index (χ3n) is 4.37. The Kier molecular flexibility index (Phi) is 7.70. The molecular formula is C23H26FN5O3S. The van der Waals surface area contributed by atoms with Crippen molar-refractivity contribution in [1.29, 1.82) is 0 Å². The van der Waals surface area contributed by atoms with E-state index in [1.54, 1.807) is 27.1 Å². The fraction of sp³-hybridized carbons (Fsp3) is 0.304. The second kappa shape index (κ2) is 10.5. The van der Waals surface area contributed by atoms with Gasteiger partial charge >= 0.3 is 6.09 Å². The molecule has 3 rings (SSSR count). The minimum Gasteiger partial charge on any atom is -0.444 e. The number of carbonyl (C=O) groups is 2. The Morgan fingerprint density at radius 2 is 1.88 bits per heavy atom. The molecule has 10 heteroatoms. The highest BCUT2D eigenvalue weighted by molar-refractivity contribution is 7.99. The number of rotatable bonds is 7. The van der Waals surface area contributed by atoms with E-state index in [2.05, 4.69) is 27.8 Å². The van der Waals surface area contributed by atoms with Crippen LogP contribution in [0.1, 0.15) is 33.3 Å². The maximum absolute atomic E-state index is 13.8. The summed E-state index contributed by atoms with van der Waals surface area (Å²) in [5, 5.41) is 13.8. The predicted octanol–water partition coefficient (Wildman–Crippen LogP) is 5.05. The van der Waals surface area contributed by atoms with E-state index in [0.717, 1.165) is 23.7 Å². The first-order valence-corrected chi connectivity index (χ1v) is 11.4. The number of aromatic nitrogens is 3. The van der Waals surface area contributed by atoms with Gasteiger partial charge in [-0.15, -0.1) is 10.2 Å². The summed E-state index contributed by atoms with van der Waals surface area (Å²) in [6.07, 6.45) is 1.73. The first kappa shape index (κ1) is 24.2. The molecule has 0 aliphatic heterocycles. The van der Waals surface area contributed by atoms with Crippen molar-refractivity contribution in [1.82, 2.24) is 14.8 Å². The van der Waals surface area contributed by atoms with Gasteiger partial charge in [-0.1, -0.05) is 36.9 Å². The molecule has 2 N–H and O–H groups in total. The number of amides is 2. The van der Waals surface area contributed by atoms with E-state index in [-0.39, 0.29) is 17.1 Å². The summed E-state index contributed by atoms with van der Waals surface area (Å²) < 4.78 is 20.9. The molecule has 1 heterocycles. The van der Waals surface area contributed by atoms with Crippen molar-refractivity contribution in [2.45, 2.75) is 44.9 Å². The second-order valence-electron chi connectivity index (χ2n) is 8.12. The highest BCUT2D eigenvalue weighted by Gasteiger charge is 2.19. The van der Waals surface area contributed by atoms with E-state index >= 15 is 0 Å². The van der Waals surface area contributed by atoms with Crippen LogP contribution in [0.4, 0.5) is 20.6 Å². The van der Waals surface area contributed by atoms with Gasteiger partial charge < -0.3 is 10.1 Å². The van der Waals surface area contributed by atoms with Gasteiger partial charge in [-0.3, -0.25) is 14.7 Å². The minimum atomic E-state index is -0.707. The van der Waals surface area contributed by atoms with Crippen LogP contribution < -0.4 is 10.6 Å². The molecule has 1 aromatic heterocycles. The number of anilines is 2. The molecule has 0 unspecified atom stereocenters. The number of thioether (sulfide) groups is 1. The Hall–Kier alpha value is -3.40. The van der Waals surface area contributed by atoms with Crippen LogP contribution in [0.25, 0.3) is 5.69 Å². The zero-order valence-electron chi connectivity index (χ0n) is 18.9. The van der Waals surface area contributed by atoms with E-state index < -0.39 is 23.4 Å². The molecule has 8 nitrogen and oxygen atoms in total. The van der Waals surface area contributed by atoms with E-state index in [1.807, 2.05) is 28.8 Å². The fourth-order valence-electron chi connectivity index (χ4n) is 2.99. The van der Waals surface area contributed by atoms with E-state index in [1.165, 1.54) is 23.9 Å². The molecule has 0 saturated carbocycles. The molecule has 0 radical (unpaired) electrons. The molecule has 2 amide bonds. The van der Waals surface area contributed by atoms with Gasteiger partial charge in [-0.05, 0) is 57.0 Å². The summed E-state index contributed by atoms with van der Waals surface area (Å²) in [5.41, 5.74) is 1.73. The maximum atomic E-state index is 13.8. The van der Waals surface area contributed by atoms with Crippen LogP contribution in [0, 0.1) is 5.82 Å². The number of para-hydroxylation sites is 1. The fourth-order valence-corrected chi connectivity index (χ4v) is 3.71. The summed E-state index contributed by atoms with van der Waals surface area (Å²) in [6, 6.07) is 11.6. The smallest absolute Gasteiger partial charge is 0.412 e. The minimum absolute atomic E-state index is 0.00930. The third-order valence-corrected chi connectivity index (χ3v) is 5.32. The SMILES string of the molecule is CCc1ccccc1-n1cnnc1SCC(=O)Nc1cc(F)ccc1NC(=O)OC(C)(C)C. The molecule has 0 spiro atoms. The summed E-state index contributed by atoms with van der Waals surface area (Å²) in [5.74, 6) is -0.935. The Labute approximate surface area is 195 Å². The molecule has 33 heavy (non-hydrogen) atoms. The van der Waals surface area contributed by atoms with Gasteiger partial charge in [0, 0.05) is 0 Å². The highest BCUT2D eigenvalue weighted by Crippen LogP contribution is 2.26. The van der Waals surface area contributed by atoms with Crippen molar-refractivity contribution >= 4 is 35.1 Å². The number of nitrogens with zero attached hydrogens (tertiary/aromatic N) is 3. The van der Waals surface area contributed by atoms with Crippen LogP contribution in [0.2, 0.25) is 0 Å². The molecular weight excluding hydrogens is 445 g/mol. The Balaban J connectivity index is 1.69. The molecule has 174 valence electrons. The molecule has 0 saturated heterocycles. The first-order valence-electron chi connectivity index (χ1n) is 10.4. The topological polar surface area (TPSA) is 98.1 Å². The lowest BCUT2D eigenvalue weighted by Gasteiger charge is -2.20. The molecule has 0 atom stereocenters. The lowest BCUT2D eigenvalue weighted by Crippen LogP contribution is -2.27. The van der Waals surface area contributed by atoms with Crippen LogP contribution in [0.15, 0.2) is 53.9 Å². The molecule has 0 aliphatic carbocycles. The number of nitrogens with one attached hydrogen (secondary N) is 2. The Bertz CT molecular complexity index is 1140. The van der Waals surface area contributed by atoms with Crippen molar-refractivity contribution in [3.8, 4) is 5.69 Å². The number of halogens is 1.